The number of sulfonamides is 1. The molecule has 0 bridgehead atoms. The maximum absolute atomic E-state index is 13.2. The van der Waals surface area contributed by atoms with Crippen molar-refractivity contribution >= 4 is 27.9 Å². The Bertz CT molecular complexity index is 1190. The van der Waals surface area contributed by atoms with Crippen molar-refractivity contribution in [1.29, 1.82) is 0 Å². The van der Waals surface area contributed by atoms with Gasteiger partial charge in [0.2, 0.25) is 10.0 Å². The quantitative estimate of drug-likeness (QED) is 0.586. The number of hydrogen-bond acceptors (Lipinski definition) is 6. The maximum Gasteiger partial charge on any atom is 0.338 e. The molecule has 4 rings (SSSR count). The number of urea groups is 1. The van der Waals surface area contributed by atoms with Crippen LogP contribution in [0.3, 0.4) is 0 Å². The highest BCUT2D eigenvalue weighted by atomic mass is 32.2. The van der Waals surface area contributed by atoms with Gasteiger partial charge in [-0.1, -0.05) is 36.4 Å². The lowest BCUT2D eigenvalue weighted by Crippen LogP contribution is -2.41. The number of piperidine rings is 1. The van der Waals surface area contributed by atoms with Gasteiger partial charge >= 0.3 is 12.0 Å². The van der Waals surface area contributed by atoms with Crippen LogP contribution in [-0.2, 0) is 26.0 Å². The maximum atomic E-state index is 13.2. The lowest BCUT2D eigenvalue weighted by molar-refractivity contribution is -0.136. The molecular formula is C25H29N3O6S. The second kappa shape index (κ2) is 10.6. The Morgan fingerprint density at radius 1 is 1.06 bits per heavy atom. The number of nitrogens with zero attached hydrogens (tertiary/aromatic N) is 2. The number of carbonyl (C=O) groups excluding carboxylic acids is 3. The van der Waals surface area contributed by atoms with E-state index in [1.54, 1.807) is 0 Å². The third kappa shape index (κ3) is 5.71. The number of benzene rings is 2. The molecule has 9 nitrogen and oxygen atoms in total. The molecule has 0 unspecified atom stereocenters. The van der Waals surface area contributed by atoms with Crippen LogP contribution in [0.25, 0.3) is 0 Å². The van der Waals surface area contributed by atoms with Gasteiger partial charge in [-0.25, -0.2) is 18.0 Å². The fourth-order valence-corrected chi connectivity index (χ4v) is 5.93. The topological polar surface area (TPSA) is 113 Å². The molecule has 186 valence electrons. The summed E-state index contributed by atoms with van der Waals surface area (Å²) >= 11 is 0. The average molecular weight is 500 g/mol. The van der Waals surface area contributed by atoms with E-state index in [1.165, 1.54) is 41.1 Å². The summed E-state index contributed by atoms with van der Waals surface area (Å²) < 4.78 is 33.2. The summed E-state index contributed by atoms with van der Waals surface area (Å²) in [7, 11) is -3.78. The van der Waals surface area contributed by atoms with Gasteiger partial charge in [-0.2, -0.15) is 4.31 Å². The molecule has 3 amide bonds. The van der Waals surface area contributed by atoms with Crippen LogP contribution in [0.15, 0.2) is 59.5 Å². The van der Waals surface area contributed by atoms with E-state index in [9.17, 15) is 22.8 Å². The minimum Gasteiger partial charge on any atom is -0.449 e. The summed E-state index contributed by atoms with van der Waals surface area (Å²) in [5.41, 5.74) is 1.27. The summed E-state index contributed by atoms with van der Waals surface area (Å²) in [5, 5.41) is 2.51. The van der Waals surface area contributed by atoms with Crippen molar-refractivity contribution in [2.75, 3.05) is 26.2 Å². The number of esters is 1. The highest BCUT2D eigenvalue weighted by molar-refractivity contribution is 7.89. The van der Waals surface area contributed by atoms with Gasteiger partial charge in [-0.05, 0) is 55.9 Å². The van der Waals surface area contributed by atoms with Crippen molar-refractivity contribution in [3.05, 3.63) is 65.7 Å². The molecule has 0 radical (unpaired) electrons. The Labute approximate surface area is 205 Å². The van der Waals surface area contributed by atoms with E-state index < -0.39 is 34.0 Å². The SMILES string of the molecule is C[C@@H](OC(=O)c1cccc(S(=O)(=O)N2CCC(Cc3ccccc3)CC2)c1)C(=O)N1CCNC1=O. The largest absolute Gasteiger partial charge is 0.449 e. The molecule has 1 N–H and O–H groups in total. The lowest BCUT2D eigenvalue weighted by Gasteiger charge is -2.31. The number of ether oxygens (including phenoxy) is 1. The van der Waals surface area contributed by atoms with E-state index in [1.807, 2.05) is 18.2 Å². The molecular weight excluding hydrogens is 470 g/mol. The van der Waals surface area contributed by atoms with E-state index in [4.69, 9.17) is 4.74 Å². The smallest absolute Gasteiger partial charge is 0.338 e. The van der Waals surface area contributed by atoms with E-state index in [-0.39, 0.29) is 17.0 Å². The first kappa shape index (κ1) is 24.9. The number of nitrogens with one attached hydrogen (secondary N) is 1. The molecule has 0 spiro atoms. The van der Waals surface area contributed by atoms with Crippen LogP contribution in [0.4, 0.5) is 4.79 Å². The molecule has 0 aliphatic carbocycles. The zero-order valence-corrected chi connectivity index (χ0v) is 20.4. The van der Waals surface area contributed by atoms with Crippen molar-refractivity contribution in [2.24, 2.45) is 5.92 Å². The zero-order valence-electron chi connectivity index (χ0n) is 19.6. The van der Waals surface area contributed by atoms with Crippen LogP contribution in [0, 0.1) is 5.92 Å². The second-order valence-corrected chi connectivity index (χ2v) is 10.8. The van der Waals surface area contributed by atoms with Crippen molar-refractivity contribution in [3.8, 4) is 0 Å². The highest BCUT2D eigenvalue weighted by Gasteiger charge is 2.33. The molecule has 0 saturated carbocycles. The monoisotopic (exact) mass is 499 g/mol. The Balaban J connectivity index is 1.38. The summed E-state index contributed by atoms with van der Waals surface area (Å²) in [6.45, 7) is 2.76. The summed E-state index contributed by atoms with van der Waals surface area (Å²) in [6.07, 6.45) is 1.26. The summed E-state index contributed by atoms with van der Waals surface area (Å²) in [6, 6.07) is 15.3. The van der Waals surface area contributed by atoms with Crippen LogP contribution in [-0.4, -0.2) is 67.8 Å². The standard InChI is InChI=1S/C25H29N3O6S/c1-18(23(29)28-15-12-26-25(28)31)34-24(30)21-8-5-9-22(17-21)35(32,33)27-13-10-20(11-14-27)16-19-6-3-2-4-7-19/h2-9,17-18,20H,10-16H2,1H3,(H,26,31)/t18-/m1/s1. The number of rotatable bonds is 7. The Morgan fingerprint density at radius 3 is 2.43 bits per heavy atom. The third-order valence-corrected chi connectivity index (χ3v) is 8.30. The van der Waals surface area contributed by atoms with Crippen molar-refractivity contribution in [2.45, 2.75) is 37.2 Å². The number of carbonyl (C=O) groups is 3. The fraction of sp³-hybridized carbons (Fsp3) is 0.400. The van der Waals surface area contributed by atoms with Crippen molar-refractivity contribution < 1.29 is 27.5 Å². The molecule has 10 heteroatoms. The van der Waals surface area contributed by atoms with Gasteiger partial charge in [0, 0.05) is 26.2 Å². The number of hydrogen-bond donors (Lipinski definition) is 1. The van der Waals surface area contributed by atoms with E-state index in [0.29, 0.717) is 25.6 Å². The highest BCUT2D eigenvalue weighted by Crippen LogP contribution is 2.26. The molecule has 2 saturated heterocycles. The van der Waals surface area contributed by atoms with Crippen LogP contribution >= 0.6 is 0 Å². The first-order chi connectivity index (χ1) is 16.8. The van der Waals surface area contributed by atoms with Crippen molar-refractivity contribution in [3.63, 3.8) is 0 Å². The van der Waals surface area contributed by atoms with Crippen LogP contribution in [0.1, 0.15) is 35.7 Å². The first-order valence-corrected chi connectivity index (χ1v) is 13.1. The second-order valence-electron chi connectivity index (χ2n) is 8.83. The fourth-order valence-electron chi connectivity index (χ4n) is 4.41. The molecule has 1 atom stereocenters. The molecule has 2 fully saturated rings. The molecule has 0 aromatic heterocycles. The molecule has 35 heavy (non-hydrogen) atoms. The molecule has 2 heterocycles. The van der Waals surface area contributed by atoms with Crippen LogP contribution in [0.5, 0.6) is 0 Å². The van der Waals surface area contributed by atoms with Crippen LogP contribution < -0.4 is 5.32 Å². The van der Waals surface area contributed by atoms with Gasteiger partial charge in [0.05, 0.1) is 10.5 Å². The van der Waals surface area contributed by atoms with Gasteiger partial charge < -0.3 is 10.1 Å². The van der Waals surface area contributed by atoms with E-state index in [2.05, 4.69) is 17.4 Å². The first-order valence-electron chi connectivity index (χ1n) is 11.7. The molecule has 2 aromatic carbocycles. The van der Waals surface area contributed by atoms with E-state index >= 15 is 0 Å². The van der Waals surface area contributed by atoms with Crippen LogP contribution in [0.2, 0.25) is 0 Å². The van der Waals surface area contributed by atoms with Gasteiger partial charge in [0.15, 0.2) is 6.10 Å². The number of imide groups is 1. The Hall–Kier alpha value is -3.24. The minimum atomic E-state index is -3.78. The lowest BCUT2D eigenvalue weighted by atomic mass is 9.91. The number of amides is 3. The average Bonchev–Trinajstić information content (AvgIpc) is 3.30. The van der Waals surface area contributed by atoms with Gasteiger partial charge in [-0.15, -0.1) is 0 Å². The third-order valence-electron chi connectivity index (χ3n) is 6.40. The minimum absolute atomic E-state index is 0.00589. The predicted octanol–water partition coefficient (Wildman–Crippen LogP) is 2.43. The van der Waals surface area contributed by atoms with Gasteiger partial charge in [0.25, 0.3) is 5.91 Å². The Morgan fingerprint density at radius 2 is 1.77 bits per heavy atom. The summed E-state index contributed by atoms with van der Waals surface area (Å²) in [5.74, 6) is -1.04. The Kier molecular flexibility index (Phi) is 7.51. The van der Waals surface area contributed by atoms with Gasteiger partial charge in [-0.3, -0.25) is 9.69 Å². The molecule has 2 aliphatic rings. The zero-order chi connectivity index (χ0) is 25.0. The van der Waals surface area contributed by atoms with E-state index in [0.717, 1.165) is 24.2 Å². The molecule has 2 aliphatic heterocycles. The van der Waals surface area contributed by atoms with Crippen molar-refractivity contribution in [1.82, 2.24) is 14.5 Å². The predicted molar refractivity (Wildman–Crippen MR) is 128 cm³/mol. The normalized spacial score (nSPS) is 18.2. The molecule has 2 aromatic rings. The van der Waals surface area contributed by atoms with Gasteiger partial charge in [0.1, 0.15) is 0 Å². The summed E-state index contributed by atoms with van der Waals surface area (Å²) in [4.78, 5) is 37.7.